The fourth-order valence-electron chi connectivity index (χ4n) is 1.70. The molecule has 2 aromatic rings. The standard InChI is InChI=1S/C12H13F2N3.ClH/c1-8-4-9(2-3-10(8)5-15)11-6-16-17(7-11)12(13)14;/h2-4,6-7,12H,5,15H2,1H3;1H. The molecule has 0 bridgehead atoms. The molecule has 0 aliphatic carbocycles. The number of nitrogens with two attached hydrogens (primary N) is 1. The molecule has 0 radical (unpaired) electrons. The first-order valence-electron chi connectivity index (χ1n) is 5.24. The van der Waals surface area contributed by atoms with Crippen molar-refractivity contribution in [3.63, 3.8) is 0 Å². The molecule has 6 heteroatoms. The number of aryl methyl sites for hydroxylation is 1. The van der Waals surface area contributed by atoms with Gasteiger partial charge in [0.05, 0.1) is 6.20 Å². The molecule has 0 unspecified atom stereocenters. The Morgan fingerprint density at radius 1 is 1.33 bits per heavy atom. The molecule has 0 saturated carbocycles. The van der Waals surface area contributed by atoms with Crippen LogP contribution in [-0.4, -0.2) is 9.78 Å². The van der Waals surface area contributed by atoms with E-state index in [9.17, 15) is 8.78 Å². The number of aromatic nitrogens is 2. The lowest BCUT2D eigenvalue weighted by Crippen LogP contribution is -1.98. The van der Waals surface area contributed by atoms with Crippen molar-refractivity contribution in [3.8, 4) is 11.1 Å². The number of halogens is 3. The van der Waals surface area contributed by atoms with Gasteiger partial charge in [0.15, 0.2) is 0 Å². The van der Waals surface area contributed by atoms with Gasteiger partial charge >= 0.3 is 6.55 Å². The van der Waals surface area contributed by atoms with Gasteiger partial charge in [-0.25, -0.2) is 4.68 Å². The van der Waals surface area contributed by atoms with Crippen LogP contribution >= 0.6 is 12.4 Å². The highest BCUT2D eigenvalue weighted by Gasteiger charge is 2.09. The number of nitrogens with zero attached hydrogens (tertiary/aromatic N) is 2. The summed E-state index contributed by atoms with van der Waals surface area (Å²) in [4.78, 5) is 0. The molecule has 2 N–H and O–H groups in total. The van der Waals surface area contributed by atoms with Crippen LogP contribution in [-0.2, 0) is 6.54 Å². The van der Waals surface area contributed by atoms with Crippen molar-refractivity contribution in [2.75, 3.05) is 0 Å². The van der Waals surface area contributed by atoms with E-state index in [0.717, 1.165) is 16.7 Å². The summed E-state index contributed by atoms with van der Waals surface area (Å²) in [5.41, 5.74) is 9.21. The largest absolute Gasteiger partial charge is 0.333 e. The van der Waals surface area contributed by atoms with E-state index < -0.39 is 6.55 Å². The minimum absolute atomic E-state index is 0. The first-order chi connectivity index (χ1) is 8.11. The summed E-state index contributed by atoms with van der Waals surface area (Å²) < 4.78 is 25.4. The minimum Gasteiger partial charge on any atom is -0.326 e. The Balaban J connectivity index is 0.00000162. The second kappa shape index (κ2) is 5.93. The van der Waals surface area contributed by atoms with Crippen molar-refractivity contribution >= 4 is 12.4 Å². The smallest absolute Gasteiger partial charge is 0.326 e. The number of hydrogen-bond donors (Lipinski definition) is 1. The second-order valence-electron chi connectivity index (χ2n) is 3.83. The predicted molar refractivity (Wildman–Crippen MR) is 68.8 cm³/mol. The Kier molecular flexibility index (Phi) is 4.81. The summed E-state index contributed by atoms with van der Waals surface area (Å²) in [5, 5.41) is 3.61. The third-order valence-corrected chi connectivity index (χ3v) is 2.70. The molecular weight excluding hydrogens is 260 g/mol. The van der Waals surface area contributed by atoms with Crippen LogP contribution in [0, 0.1) is 6.92 Å². The normalized spacial score (nSPS) is 10.5. The number of alkyl halides is 2. The highest BCUT2D eigenvalue weighted by atomic mass is 35.5. The Labute approximate surface area is 110 Å². The zero-order valence-corrected chi connectivity index (χ0v) is 10.6. The fourth-order valence-corrected chi connectivity index (χ4v) is 1.70. The Morgan fingerprint density at radius 2 is 2.06 bits per heavy atom. The van der Waals surface area contributed by atoms with Gasteiger partial charge in [0, 0.05) is 18.3 Å². The average Bonchev–Trinajstić information content (AvgIpc) is 2.78. The summed E-state index contributed by atoms with van der Waals surface area (Å²) in [5.74, 6) is 0. The minimum atomic E-state index is -2.60. The van der Waals surface area contributed by atoms with Gasteiger partial charge < -0.3 is 5.73 Å². The third-order valence-electron chi connectivity index (χ3n) is 2.70. The molecule has 1 heterocycles. The summed E-state index contributed by atoms with van der Waals surface area (Å²) in [6.45, 7) is -0.181. The topological polar surface area (TPSA) is 43.8 Å². The van der Waals surface area contributed by atoms with Crippen molar-refractivity contribution in [1.82, 2.24) is 9.78 Å². The SMILES string of the molecule is Cc1cc(-c2cnn(C(F)F)c2)ccc1CN.Cl. The summed E-state index contributed by atoms with van der Waals surface area (Å²) in [7, 11) is 0. The molecule has 1 aromatic heterocycles. The van der Waals surface area contributed by atoms with Crippen molar-refractivity contribution in [2.24, 2.45) is 5.73 Å². The summed E-state index contributed by atoms with van der Waals surface area (Å²) >= 11 is 0. The molecule has 0 fully saturated rings. The van der Waals surface area contributed by atoms with Gasteiger partial charge in [-0.05, 0) is 23.6 Å². The first kappa shape index (κ1) is 14.6. The number of benzene rings is 1. The van der Waals surface area contributed by atoms with Gasteiger partial charge in [0.25, 0.3) is 0 Å². The molecule has 0 amide bonds. The van der Waals surface area contributed by atoms with Crippen LogP contribution in [0.25, 0.3) is 11.1 Å². The molecule has 0 spiro atoms. The van der Waals surface area contributed by atoms with Crippen molar-refractivity contribution in [1.29, 1.82) is 0 Å². The average molecular weight is 274 g/mol. The molecule has 1 aromatic carbocycles. The molecular formula is C12H14ClF2N3. The van der Waals surface area contributed by atoms with Crippen LogP contribution < -0.4 is 5.73 Å². The first-order valence-corrected chi connectivity index (χ1v) is 5.24. The van der Waals surface area contributed by atoms with E-state index >= 15 is 0 Å². The van der Waals surface area contributed by atoms with E-state index in [1.165, 1.54) is 12.4 Å². The fraction of sp³-hybridized carbons (Fsp3) is 0.250. The van der Waals surface area contributed by atoms with E-state index in [1.54, 1.807) is 0 Å². The van der Waals surface area contributed by atoms with Crippen LogP contribution in [0.15, 0.2) is 30.6 Å². The molecule has 2 rings (SSSR count). The second-order valence-corrected chi connectivity index (χ2v) is 3.83. The van der Waals surface area contributed by atoms with Gasteiger partial charge in [-0.2, -0.15) is 13.9 Å². The van der Waals surface area contributed by atoms with Crippen LogP contribution in [0.5, 0.6) is 0 Å². The van der Waals surface area contributed by atoms with E-state index in [-0.39, 0.29) is 12.4 Å². The quantitative estimate of drug-likeness (QED) is 0.934. The van der Waals surface area contributed by atoms with Crippen molar-refractivity contribution in [2.45, 2.75) is 20.0 Å². The molecule has 0 aliphatic heterocycles. The number of rotatable bonds is 3. The summed E-state index contributed by atoms with van der Waals surface area (Å²) in [6, 6.07) is 5.70. The Bertz CT molecular complexity index is 526. The van der Waals surface area contributed by atoms with E-state index in [0.29, 0.717) is 16.8 Å². The molecule has 18 heavy (non-hydrogen) atoms. The lowest BCUT2D eigenvalue weighted by molar-refractivity contribution is 0.0566. The van der Waals surface area contributed by atoms with E-state index in [1.807, 2.05) is 25.1 Å². The zero-order chi connectivity index (χ0) is 12.4. The lowest BCUT2D eigenvalue weighted by Gasteiger charge is -2.05. The van der Waals surface area contributed by atoms with Crippen LogP contribution in [0.3, 0.4) is 0 Å². The van der Waals surface area contributed by atoms with Crippen LogP contribution in [0.4, 0.5) is 8.78 Å². The highest BCUT2D eigenvalue weighted by molar-refractivity contribution is 5.85. The molecule has 0 atom stereocenters. The molecule has 0 aliphatic rings. The van der Waals surface area contributed by atoms with E-state index in [4.69, 9.17) is 5.73 Å². The van der Waals surface area contributed by atoms with Gasteiger partial charge in [0.1, 0.15) is 0 Å². The van der Waals surface area contributed by atoms with E-state index in [2.05, 4.69) is 5.10 Å². The van der Waals surface area contributed by atoms with Gasteiger partial charge in [-0.3, -0.25) is 0 Å². The zero-order valence-electron chi connectivity index (χ0n) is 9.81. The van der Waals surface area contributed by atoms with Crippen LogP contribution in [0.1, 0.15) is 17.7 Å². The maximum Gasteiger partial charge on any atom is 0.333 e. The monoisotopic (exact) mass is 273 g/mol. The number of hydrogen-bond acceptors (Lipinski definition) is 2. The third kappa shape index (κ3) is 2.86. The molecule has 3 nitrogen and oxygen atoms in total. The maximum atomic E-state index is 12.4. The van der Waals surface area contributed by atoms with Gasteiger partial charge in [-0.15, -0.1) is 12.4 Å². The van der Waals surface area contributed by atoms with Gasteiger partial charge in [-0.1, -0.05) is 18.2 Å². The summed E-state index contributed by atoms with van der Waals surface area (Å²) in [6.07, 6.45) is 2.77. The Morgan fingerprint density at radius 3 is 2.56 bits per heavy atom. The van der Waals surface area contributed by atoms with Gasteiger partial charge in [0.2, 0.25) is 0 Å². The Hall–Kier alpha value is -1.46. The predicted octanol–water partition coefficient (Wildman–Crippen LogP) is 3.13. The van der Waals surface area contributed by atoms with Crippen molar-refractivity contribution < 1.29 is 8.78 Å². The molecule has 98 valence electrons. The lowest BCUT2D eigenvalue weighted by atomic mass is 10.0. The molecule has 0 saturated heterocycles. The maximum absolute atomic E-state index is 12.4. The van der Waals surface area contributed by atoms with Crippen LogP contribution in [0.2, 0.25) is 0 Å². The highest BCUT2D eigenvalue weighted by Crippen LogP contribution is 2.23. The van der Waals surface area contributed by atoms with Crippen molar-refractivity contribution in [3.05, 3.63) is 41.7 Å².